The number of fused-ring (bicyclic) bond motifs is 5. The number of hydrogen-bond donors (Lipinski definition) is 0. The van der Waals surface area contributed by atoms with Crippen molar-refractivity contribution in [3.63, 3.8) is 0 Å². The van der Waals surface area contributed by atoms with E-state index in [2.05, 4.69) is 54.6 Å². The van der Waals surface area contributed by atoms with E-state index in [1.165, 1.54) is 16.7 Å². The Kier molecular flexibility index (Phi) is 3.55. The number of rotatable bonds is 1. The number of para-hydroxylation sites is 2. The van der Waals surface area contributed by atoms with Gasteiger partial charge in [0.1, 0.15) is 11.5 Å². The summed E-state index contributed by atoms with van der Waals surface area (Å²) in [5.41, 5.74) is 6.89. The first kappa shape index (κ1) is 15.2. The molecule has 4 aromatic rings. The highest BCUT2D eigenvalue weighted by Gasteiger charge is 2.22. The molecule has 0 fully saturated rings. The average Bonchev–Trinajstić information content (AvgIpc) is 2.83. The summed E-state index contributed by atoms with van der Waals surface area (Å²) in [6.07, 6.45) is 0. The van der Waals surface area contributed by atoms with Gasteiger partial charge >= 0.3 is 0 Å². The quantitative estimate of drug-likeness (QED) is 0.304. The fourth-order valence-corrected chi connectivity index (χ4v) is 3.72. The molecule has 1 aliphatic heterocycles. The Hall–Kier alpha value is -3.03. The molecular formula is C24H15ClO. The topological polar surface area (TPSA) is 9.23 Å². The Morgan fingerprint density at radius 3 is 1.85 bits per heavy atom. The van der Waals surface area contributed by atoms with Crippen molar-refractivity contribution in [2.45, 2.75) is 0 Å². The minimum atomic E-state index is 0.741. The highest BCUT2D eigenvalue weighted by atomic mass is 35.5. The molecule has 0 atom stereocenters. The van der Waals surface area contributed by atoms with Gasteiger partial charge in [-0.2, -0.15) is 0 Å². The highest BCUT2D eigenvalue weighted by Crippen LogP contribution is 2.49. The standard InChI is InChI=1S/C24H15ClO/c25-17-14-12-16(13-15-17)18-8-5-9-20-19-6-1-3-10-22(19)26-23-11-4-2-7-21(23)24(18)20/h1-15H. The maximum atomic E-state index is 6.27. The van der Waals surface area contributed by atoms with Gasteiger partial charge in [-0.25, -0.2) is 0 Å². The summed E-state index contributed by atoms with van der Waals surface area (Å²) in [6.45, 7) is 0. The second-order valence-electron chi connectivity index (χ2n) is 6.33. The third-order valence-corrected chi connectivity index (χ3v) is 5.03. The zero-order chi connectivity index (χ0) is 17.5. The molecule has 0 unspecified atom stereocenters. The van der Waals surface area contributed by atoms with Gasteiger partial charge < -0.3 is 4.74 Å². The lowest BCUT2D eigenvalue weighted by Gasteiger charge is -2.15. The fraction of sp³-hybridized carbons (Fsp3) is 0. The summed E-state index contributed by atoms with van der Waals surface area (Å²) in [7, 11) is 0. The van der Waals surface area contributed by atoms with Gasteiger partial charge in [-0.1, -0.05) is 78.3 Å². The SMILES string of the molecule is Clc1ccc(-c2cccc3c2-c2ccccc2Oc2ccccc2-3)cc1. The predicted molar refractivity (Wildman–Crippen MR) is 108 cm³/mol. The van der Waals surface area contributed by atoms with E-state index in [-0.39, 0.29) is 0 Å². The lowest BCUT2D eigenvalue weighted by molar-refractivity contribution is 0.488. The van der Waals surface area contributed by atoms with Crippen LogP contribution in [-0.4, -0.2) is 0 Å². The molecule has 0 aliphatic carbocycles. The molecule has 1 nitrogen and oxygen atoms in total. The molecule has 0 amide bonds. The summed E-state index contributed by atoms with van der Waals surface area (Å²) < 4.78 is 6.27. The zero-order valence-electron chi connectivity index (χ0n) is 13.9. The molecule has 0 spiro atoms. The van der Waals surface area contributed by atoms with E-state index in [1.807, 2.05) is 36.4 Å². The zero-order valence-corrected chi connectivity index (χ0v) is 14.7. The van der Waals surface area contributed by atoms with E-state index < -0.39 is 0 Å². The number of halogens is 1. The van der Waals surface area contributed by atoms with E-state index in [1.54, 1.807) is 0 Å². The molecule has 1 heterocycles. The van der Waals surface area contributed by atoms with Gasteiger partial charge in [0.15, 0.2) is 0 Å². The van der Waals surface area contributed by atoms with Crippen molar-refractivity contribution < 1.29 is 4.74 Å². The van der Waals surface area contributed by atoms with Gasteiger partial charge in [0.05, 0.1) is 0 Å². The molecule has 0 saturated heterocycles. The lowest BCUT2D eigenvalue weighted by Crippen LogP contribution is -1.89. The van der Waals surface area contributed by atoms with Crippen molar-refractivity contribution in [3.05, 3.63) is 96.0 Å². The van der Waals surface area contributed by atoms with Gasteiger partial charge in [-0.3, -0.25) is 0 Å². The molecule has 4 aromatic carbocycles. The van der Waals surface area contributed by atoms with Crippen LogP contribution < -0.4 is 4.74 Å². The molecule has 0 saturated carbocycles. The minimum absolute atomic E-state index is 0.741. The van der Waals surface area contributed by atoms with Crippen molar-refractivity contribution in [2.24, 2.45) is 0 Å². The Bertz CT molecular complexity index is 1110. The average molecular weight is 355 g/mol. The Morgan fingerprint density at radius 2 is 1.08 bits per heavy atom. The van der Waals surface area contributed by atoms with E-state index in [0.29, 0.717) is 0 Å². The molecule has 124 valence electrons. The van der Waals surface area contributed by atoms with Crippen LogP contribution in [0.4, 0.5) is 0 Å². The summed E-state index contributed by atoms with van der Waals surface area (Å²) in [5, 5.41) is 0.741. The minimum Gasteiger partial charge on any atom is -0.456 e. The van der Waals surface area contributed by atoms with Crippen molar-refractivity contribution in [1.82, 2.24) is 0 Å². The summed E-state index contributed by atoms with van der Waals surface area (Å²) in [5.74, 6) is 1.76. The van der Waals surface area contributed by atoms with E-state index in [9.17, 15) is 0 Å². The molecule has 5 rings (SSSR count). The summed E-state index contributed by atoms with van der Waals surface area (Å²) in [4.78, 5) is 0. The van der Waals surface area contributed by atoms with Crippen LogP contribution in [0.3, 0.4) is 0 Å². The van der Waals surface area contributed by atoms with Crippen LogP contribution in [0, 0.1) is 0 Å². The predicted octanol–water partition coefficient (Wildman–Crippen LogP) is 7.45. The monoisotopic (exact) mass is 354 g/mol. The van der Waals surface area contributed by atoms with Crippen LogP contribution in [0.2, 0.25) is 5.02 Å². The molecular weight excluding hydrogens is 340 g/mol. The van der Waals surface area contributed by atoms with Crippen molar-refractivity contribution >= 4 is 11.6 Å². The molecule has 1 aliphatic rings. The maximum absolute atomic E-state index is 6.27. The molecule has 2 heteroatoms. The van der Waals surface area contributed by atoms with Crippen LogP contribution in [0.1, 0.15) is 0 Å². The van der Waals surface area contributed by atoms with Crippen LogP contribution in [0.15, 0.2) is 91.0 Å². The Labute approximate surface area is 157 Å². The van der Waals surface area contributed by atoms with Gasteiger partial charge in [0, 0.05) is 21.7 Å². The van der Waals surface area contributed by atoms with Crippen LogP contribution >= 0.6 is 11.6 Å². The maximum Gasteiger partial charge on any atom is 0.135 e. The largest absolute Gasteiger partial charge is 0.456 e. The third kappa shape index (κ3) is 2.40. The van der Waals surface area contributed by atoms with Crippen molar-refractivity contribution in [1.29, 1.82) is 0 Å². The molecule has 0 bridgehead atoms. The smallest absolute Gasteiger partial charge is 0.135 e. The molecule has 26 heavy (non-hydrogen) atoms. The van der Waals surface area contributed by atoms with Gasteiger partial charge in [0.25, 0.3) is 0 Å². The first-order valence-electron chi connectivity index (χ1n) is 8.57. The second kappa shape index (κ2) is 6.05. The number of ether oxygens (including phenoxy) is 1. The van der Waals surface area contributed by atoms with Gasteiger partial charge in [0.2, 0.25) is 0 Å². The van der Waals surface area contributed by atoms with Gasteiger partial charge in [-0.05, 0) is 41.0 Å². The molecule has 0 N–H and O–H groups in total. The Morgan fingerprint density at radius 1 is 0.500 bits per heavy atom. The third-order valence-electron chi connectivity index (χ3n) is 4.77. The summed E-state index contributed by atoms with van der Waals surface area (Å²) >= 11 is 6.10. The first-order valence-corrected chi connectivity index (χ1v) is 8.95. The fourth-order valence-electron chi connectivity index (χ4n) is 3.60. The lowest BCUT2D eigenvalue weighted by atomic mass is 9.88. The van der Waals surface area contributed by atoms with Crippen molar-refractivity contribution in [2.75, 3.05) is 0 Å². The Balaban J connectivity index is 1.88. The van der Waals surface area contributed by atoms with Crippen molar-refractivity contribution in [3.8, 4) is 44.9 Å². The molecule has 0 aromatic heterocycles. The summed E-state index contributed by atoms with van der Waals surface area (Å²) in [6, 6.07) is 30.9. The number of hydrogen-bond acceptors (Lipinski definition) is 1. The van der Waals surface area contributed by atoms with Crippen LogP contribution in [0.5, 0.6) is 11.5 Å². The normalized spacial score (nSPS) is 11.6. The van der Waals surface area contributed by atoms with Gasteiger partial charge in [-0.15, -0.1) is 0 Å². The second-order valence-corrected chi connectivity index (χ2v) is 6.77. The van der Waals surface area contributed by atoms with Crippen LogP contribution in [-0.2, 0) is 0 Å². The van der Waals surface area contributed by atoms with E-state index >= 15 is 0 Å². The van der Waals surface area contributed by atoms with E-state index in [4.69, 9.17) is 16.3 Å². The number of benzene rings is 4. The van der Waals surface area contributed by atoms with Crippen LogP contribution in [0.25, 0.3) is 33.4 Å². The van der Waals surface area contributed by atoms with E-state index in [0.717, 1.165) is 33.2 Å². The highest BCUT2D eigenvalue weighted by molar-refractivity contribution is 6.30. The first-order chi connectivity index (χ1) is 12.8. The molecule has 0 radical (unpaired) electrons.